The molecule has 3 aromatic rings. The van der Waals surface area contributed by atoms with Crippen molar-refractivity contribution in [1.82, 2.24) is 14.6 Å². The Bertz CT molecular complexity index is 822. The summed E-state index contributed by atoms with van der Waals surface area (Å²) in [5.41, 5.74) is 0.361. The normalized spacial score (nSPS) is 12.1. The van der Waals surface area contributed by atoms with Gasteiger partial charge >= 0.3 is 0 Å². The Morgan fingerprint density at radius 3 is 2.89 bits per heavy atom. The molecule has 0 aromatic carbocycles. The lowest BCUT2D eigenvalue weighted by atomic mass is 10.6. The first-order valence-corrected chi connectivity index (χ1v) is 8.89. The Labute approximate surface area is 118 Å². The summed E-state index contributed by atoms with van der Waals surface area (Å²) in [4.78, 5) is 4.32. The van der Waals surface area contributed by atoms with Gasteiger partial charge in [-0.1, -0.05) is 6.07 Å². The molecular weight excluding hydrogens is 302 g/mol. The van der Waals surface area contributed by atoms with Gasteiger partial charge in [-0.2, -0.15) is 5.10 Å². The Morgan fingerprint density at radius 1 is 1.37 bits per heavy atom. The molecule has 0 saturated heterocycles. The van der Waals surface area contributed by atoms with E-state index in [1.165, 1.54) is 27.6 Å². The van der Waals surface area contributed by atoms with E-state index in [9.17, 15) is 8.42 Å². The summed E-state index contributed by atoms with van der Waals surface area (Å²) < 4.78 is 27.1. The molecule has 0 amide bonds. The van der Waals surface area contributed by atoms with Crippen molar-refractivity contribution < 1.29 is 8.42 Å². The van der Waals surface area contributed by atoms with Crippen LogP contribution in [0.2, 0.25) is 0 Å². The fraction of sp³-hybridized carbons (Fsp3) is 0.0909. The predicted octanol–water partition coefficient (Wildman–Crippen LogP) is 2.35. The van der Waals surface area contributed by atoms with Gasteiger partial charge in [0.1, 0.15) is 9.24 Å². The lowest BCUT2D eigenvalue weighted by molar-refractivity contribution is 0.596. The van der Waals surface area contributed by atoms with E-state index < -0.39 is 9.84 Å². The molecule has 0 bridgehead atoms. The minimum Gasteiger partial charge on any atom is -0.236 e. The number of sulfone groups is 1. The quantitative estimate of drug-likeness (QED) is 0.695. The molecule has 0 spiro atoms. The van der Waals surface area contributed by atoms with Crippen molar-refractivity contribution in [3.63, 3.8) is 0 Å². The largest absolute Gasteiger partial charge is 0.236 e. The van der Waals surface area contributed by atoms with Crippen molar-refractivity contribution in [3.05, 3.63) is 36.0 Å². The standard InChI is InChI=1S/C11H9N3O2S3/c1-17-11-9(10-12-5-3-6-14(10)13-11)19(15,16)8-4-2-7-18-8/h2-7H,1H3. The Morgan fingerprint density at radius 2 is 2.21 bits per heavy atom. The van der Waals surface area contributed by atoms with E-state index in [1.54, 1.807) is 42.2 Å². The van der Waals surface area contributed by atoms with E-state index in [-0.39, 0.29) is 4.90 Å². The number of fused-ring (bicyclic) bond motifs is 1. The van der Waals surface area contributed by atoms with Gasteiger partial charge in [0.2, 0.25) is 9.84 Å². The number of aromatic nitrogens is 3. The van der Waals surface area contributed by atoms with E-state index in [0.717, 1.165) is 0 Å². The summed E-state index contributed by atoms with van der Waals surface area (Å²) in [6, 6.07) is 5.03. The molecule has 3 heterocycles. The molecule has 19 heavy (non-hydrogen) atoms. The van der Waals surface area contributed by atoms with E-state index in [0.29, 0.717) is 14.9 Å². The van der Waals surface area contributed by atoms with Crippen LogP contribution < -0.4 is 0 Å². The van der Waals surface area contributed by atoms with Crippen LogP contribution in [0.5, 0.6) is 0 Å². The van der Waals surface area contributed by atoms with Crippen LogP contribution in [0.15, 0.2) is 50.1 Å². The molecule has 0 unspecified atom stereocenters. The zero-order chi connectivity index (χ0) is 13.5. The Kier molecular flexibility index (Phi) is 3.08. The molecule has 0 fully saturated rings. The van der Waals surface area contributed by atoms with E-state index >= 15 is 0 Å². The first-order chi connectivity index (χ1) is 9.14. The third kappa shape index (κ3) is 1.96. The van der Waals surface area contributed by atoms with Gasteiger partial charge in [0.15, 0.2) is 10.5 Å². The molecule has 0 saturated carbocycles. The topological polar surface area (TPSA) is 64.3 Å². The molecule has 3 aromatic heterocycles. The molecule has 3 rings (SSSR count). The van der Waals surface area contributed by atoms with Crippen molar-refractivity contribution in [2.75, 3.05) is 6.26 Å². The number of rotatable bonds is 3. The molecule has 5 nitrogen and oxygen atoms in total. The fourth-order valence-corrected chi connectivity index (χ4v) is 5.24. The monoisotopic (exact) mass is 311 g/mol. The zero-order valence-electron chi connectivity index (χ0n) is 9.85. The molecule has 0 aliphatic heterocycles. The van der Waals surface area contributed by atoms with Crippen LogP contribution in [0.4, 0.5) is 0 Å². The van der Waals surface area contributed by atoms with E-state index in [1.807, 2.05) is 0 Å². The average Bonchev–Trinajstić information content (AvgIpc) is 3.05. The van der Waals surface area contributed by atoms with Crippen LogP contribution >= 0.6 is 23.1 Å². The van der Waals surface area contributed by atoms with Crippen LogP contribution in [0.3, 0.4) is 0 Å². The van der Waals surface area contributed by atoms with Crippen molar-refractivity contribution in [3.8, 4) is 0 Å². The van der Waals surface area contributed by atoms with Gasteiger partial charge in [-0.15, -0.1) is 23.1 Å². The summed E-state index contributed by atoms with van der Waals surface area (Å²) in [6.07, 6.45) is 5.05. The SMILES string of the molecule is CSc1nn2cccnc2c1S(=O)(=O)c1cccs1. The van der Waals surface area contributed by atoms with Gasteiger partial charge in [-0.3, -0.25) is 0 Å². The molecular formula is C11H9N3O2S3. The van der Waals surface area contributed by atoms with E-state index in [4.69, 9.17) is 0 Å². The zero-order valence-corrected chi connectivity index (χ0v) is 12.3. The van der Waals surface area contributed by atoms with Crippen LogP contribution in [-0.2, 0) is 9.84 Å². The van der Waals surface area contributed by atoms with Gasteiger partial charge in [0, 0.05) is 12.4 Å². The number of nitrogens with zero attached hydrogens (tertiary/aromatic N) is 3. The van der Waals surface area contributed by atoms with Crippen molar-refractivity contribution >= 4 is 38.6 Å². The Balaban J connectivity index is 2.36. The lowest BCUT2D eigenvalue weighted by Gasteiger charge is -2.00. The van der Waals surface area contributed by atoms with Gasteiger partial charge in [-0.05, 0) is 23.8 Å². The highest BCUT2D eigenvalue weighted by molar-refractivity contribution is 8.00. The third-order valence-electron chi connectivity index (χ3n) is 2.55. The van der Waals surface area contributed by atoms with Crippen molar-refractivity contribution in [2.24, 2.45) is 0 Å². The predicted molar refractivity (Wildman–Crippen MR) is 74.5 cm³/mol. The maximum atomic E-state index is 12.7. The number of thiophene rings is 1. The first kappa shape index (κ1) is 12.6. The second-order valence-electron chi connectivity index (χ2n) is 3.66. The van der Waals surface area contributed by atoms with Crippen molar-refractivity contribution in [1.29, 1.82) is 0 Å². The van der Waals surface area contributed by atoms with Crippen LogP contribution in [-0.4, -0.2) is 29.3 Å². The van der Waals surface area contributed by atoms with Crippen LogP contribution in [0.1, 0.15) is 0 Å². The molecule has 8 heteroatoms. The molecule has 98 valence electrons. The minimum absolute atomic E-state index is 0.183. The molecule has 0 aliphatic carbocycles. The third-order valence-corrected chi connectivity index (χ3v) is 6.53. The number of thioether (sulfide) groups is 1. The molecule has 0 radical (unpaired) electrons. The van der Waals surface area contributed by atoms with Crippen LogP contribution in [0.25, 0.3) is 5.65 Å². The smallest absolute Gasteiger partial charge is 0.222 e. The minimum atomic E-state index is -3.57. The summed E-state index contributed by atoms with van der Waals surface area (Å²) in [6.45, 7) is 0. The highest BCUT2D eigenvalue weighted by Crippen LogP contribution is 2.33. The second kappa shape index (κ2) is 4.62. The van der Waals surface area contributed by atoms with Gasteiger partial charge < -0.3 is 0 Å². The summed E-state index contributed by atoms with van der Waals surface area (Å²) in [5.74, 6) is 0. The molecule has 0 N–H and O–H groups in total. The van der Waals surface area contributed by atoms with Gasteiger partial charge in [-0.25, -0.2) is 17.9 Å². The summed E-state index contributed by atoms with van der Waals surface area (Å²) in [5, 5.41) is 6.46. The Hall–Kier alpha value is -1.38. The van der Waals surface area contributed by atoms with Gasteiger partial charge in [0.05, 0.1) is 0 Å². The highest BCUT2D eigenvalue weighted by Gasteiger charge is 2.28. The summed E-state index contributed by atoms with van der Waals surface area (Å²) >= 11 is 2.49. The second-order valence-corrected chi connectivity index (χ2v) is 7.52. The highest BCUT2D eigenvalue weighted by atomic mass is 32.2. The molecule has 0 atom stereocenters. The fourth-order valence-electron chi connectivity index (χ4n) is 1.73. The van der Waals surface area contributed by atoms with E-state index in [2.05, 4.69) is 10.1 Å². The maximum absolute atomic E-state index is 12.7. The average molecular weight is 311 g/mol. The van der Waals surface area contributed by atoms with Gasteiger partial charge in [0.25, 0.3) is 0 Å². The number of hydrogen-bond acceptors (Lipinski definition) is 6. The maximum Gasteiger partial charge on any atom is 0.222 e. The molecule has 0 aliphatic rings. The van der Waals surface area contributed by atoms with Crippen molar-refractivity contribution in [2.45, 2.75) is 14.1 Å². The first-order valence-electron chi connectivity index (χ1n) is 5.30. The summed E-state index contributed by atoms with van der Waals surface area (Å²) in [7, 11) is -3.57. The lowest BCUT2D eigenvalue weighted by Crippen LogP contribution is -2.01. The van der Waals surface area contributed by atoms with Crippen LogP contribution in [0, 0.1) is 0 Å². The number of hydrogen-bond donors (Lipinski definition) is 0.